The Balaban J connectivity index is 1.90. The number of carboxylic acids is 1. The summed E-state index contributed by atoms with van der Waals surface area (Å²) >= 11 is 0. The minimum atomic E-state index is -1.14. The van der Waals surface area contributed by atoms with E-state index in [1.54, 1.807) is 6.92 Å². The Bertz CT molecular complexity index is 1220. The Morgan fingerprint density at radius 2 is 1.71 bits per heavy atom. The number of hydrogen-bond acceptors (Lipinski definition) is 6. The molecule has 1 aromatic rings. The van der Waals surface area contributed by atoms with Crippen LogP contribution in [0.2, 0.25) is 0 Å². The summed E-state index contributed by atoms with van der Waals surface area (Å²) in [5.41, 5.74) is 12.1. The zero-order valence-electron chi connectivity index (χ0n) is 26.3. The third-order valence-electron chi connectivity index (χ3n) is 7.73. The number of primary amides is 2. The minimum Gasteiger partial charge on any atom is -0.480 e. The molecule has 0 aromatic heterocycles. The van der Waals surface area contributed by atoms with E-state index in [9.17, 15) is 33.9 Å². The van der Waals surface area contributed by atoms with Crippen molar-refractivity contribution in [3.05, 3.63) is 35.9 Å². The lowest BCUT2D eigenvalue weighted by atomic mass is 10.1. The molecule has 1 aromatic carbocycles. The molecule has 1 fully saturated rings. The van der Waals surface area contributed by atoms with E-state index in [4.69, 9.17) is 11.5 Å². The first kappa shape index (κ1) is 36.8. The van der Waals surface area contributed by atoms with Crippen molar-refractivity contribution in [3.63, 3.8) is 0 Å². The SMILES string of the molecule is C[C@H](NC(=O)CCCCc1ccccc1)C(=O)[NH2+][C@@H](CCC[NH+]=C(N)N)C(=O)[NH2+][C@@H](C)C(=O)N[C@@H]1CCN([C@@H](C)C(=O)O)C1=O. The molecule has 45 heavy (non-hydrogen) atoms. The van der Waals surface area contributed by atoms with E-state index in [0.29, 0.717) is 19.4 Å². The van der Waals surface area contributed by atoms with Crippen LogP contribution in [0.4, 0.5) is 0 Å². The van der Waals surface area contributed by atoms with Crippen molar-refractivity contribution >= 4 is 41.5 Å². The van der Waals surface area contributed by atoms with Crippen molar-refractivity contribution in [2.24, 2.45) is 11.5 Å². The number of hydrogen-bond donors (Lipinski definition) is 8. The van der Waals surface area contributed by atoms with Gasteiger partial charge in [0.2, 0.25) is 17.9 Å². The monoisotopic (exact) mass is 633 g/mol. The van der Waals surface area contributed by atoms with Crippen molar-refractivity contribution in [3.8, 4) is 0 Å². The van der Waals surface area contributed by atoms with Gasteiger partial charge in [0.1, 0.15) is 18.1 Å². The van der Waals surface area contributed by atoms with Crippen LogP contribution in [0.5, 0.6) is 0 Å². The van der Waals surface area contributed by atoms with Gasteiger partial charge in [-0.05, 0) is 58.4 Å². The van der Waals surface area contributed by atoms with Gasteiger partial charge in [0.25, 0.3) is 5.91 Å². The third-order valence-corrected chi connectivity index (χ3v) is 7.73. The number of carbonyl (C=O) groups is 6. The molecule has 2 rings (SSSR count). The second kappa shape index (κ2) is 18.4. The van der Waals surface area contributed by atoms with Gasteiger partial charge in [-0.15, -0.1) is 0 Å². The third kappa shape index (κ3) is 12.6. The van der Waals surface area contributed by atoms with Crippen LogP contribution in [-0.2, 0) is 35.2 Å². The molecule has 1 heterocycles. The fourth-order valence-electron chi connectivity index (χ4n) is 4.95. The van der Waals surface area contributed by atoms with Crippen LogP contribution in [0.15, 0.2) is 30.3 Å². The van der Waals surface area contributed by atoms with E-state index in [1.165, 1.54) is 34.9 Å². The number of unbranched alkanes of at least 4 members (excludes halogenated alkanes) is 1. The maximum atomic E-state index is 13.3. The first-order chi connectivity index (χ1) is 21.3. The van der Waals surface area contributed by atoms with E-state index >= 15 is 0 Å². The zero-order chi connectivity index (χ0) is 33.5. The average Bonchev–Trinajstić information content (AvgIpc) is 3.35. The van der Waals surface area contributed by atoms with Crippen LogP contribution in [0, 0.1) is 0 Å². The normalized spacial score (nSPS) is 17.1. The number of amides is 5. The number of carboxylic acid groups (broad SMARTS) is 1. The van der Waals surface area contributed by atoms with Crippen molar-refractivity contribution in [1.29, 1.82) is 0 Å². The van der Waals surface area contributed by atoms with Gasteiger partial charge in [-0.3, -0.25) is 41.5 Å². The quantitative estimate of drug-likeness (QED) is 0.0438. The summed E-state index contributed by atoms with van der Waals surface area (Å²) < 4.78 is 0. The largest absolute Gasteiger partial charge is 0.480 e. The second-order valence-corrected chi connectivity index (χ2v) is 11.4. The van der Waals surface area contributed by atoms with Crippen molar-refractivity contribution in [2.45, 2.75) is 95.9 Å². The topological polar surface area (TPSA) is 249 Å². The number of nitrogens with two attached hydrogens (primary N) is 4. The van der Waals surface area contributed by atoms with Gasteiger partial charge in [-0.2, -0.15) is 0 Å². The molecule has 1 saturated heterocycles. The van der Waals surface area contributed by atoms with Crippen LogP contribution < -0.4 is 37.7 Å². The predicted molar refractivity (Wildman–Crippen MR) is 163 cm³/mol. The van der Waals surface area contributed by atoms with Gasteiger partial charge in [0, 0.05) is 19.4 Å². The molecule has 1 aliphatic rings. The fourth-order valence-corrected chi connectivity index (χ4v) is 4.95. The van der Waals surface area contributed by atoms with E-state index in [1.807, 2.05) is 30.3 Å². The summed E-state index contributed by atoms with van der Waals surface area (Å²) in [5.74, 6) is -3.34. The first-order valence-electron chi connectivity index (χ1n) is 15.4. The molecule has 0 aliphatic carbocycles. The Labute approximate surface area is 262 Å². The smallest absolute Gasteiger partial charge is 0.369 e. The lowest BCUT2D eigenvalue weighted by Gasteiger charge is -2.21. The number of guanidine groups is 1. The summed E-state index contributed by atoms with van der Waals surface area (Å²) in [5, 5.41) is 17.0. The van der Waals surface area contributed by atoms with E-state index in [2.05, 4.69) is 15.6 Å². The van der Waals surface area contributed by atoms with Gasteiger partial charge in [-0.25, -0.2) is 14.4 Å². The first-order valence-corrected chi connectivity index (χ1v) is 15.4. The molecular formula is C30H49N8O7+3. The van der Waals surface area contributed by atoms with Crippen molar-refractivity contribution in [1.82, 2.24) is 15.5 Å². The maximum absolute atomic E-state index is 13.3. The molecular weight excluding hydrogens is 584 g/mol. The lowest BCUT2D eigenvalue weighted by Crippen LogP contribution is -3.07. The highest BCUT2D eigenvalue weighted by molar-refractivity contribution is 5.93. The predicted octanol–water partition coefficient (Wildman–Crippen LogP) is -4.83. The van der Waals surface area contributed by atoms with Crippen LogP contribution >= 0.6 is 0 Å². The van der Waals surface area contributed by atoms with Crippen LogP contribution in [0.1, 0.15) is 64.9 Å². The fraction of sp³-hybridized carbons (Fsp3) is 0.567. The number of rotatable bonds is 18. The lowest BCUT2D eigenvalue weighted by molar-refractivity contribution is -0.647. The molecule has 248 valence electrons. The van der Waals surface area contributed by atoms with Crippen LogP contribution in [0.3, 0.4) is 0 Å². The van der Waals surface area contributed by atoms with Crippen LogP contribution in [-0.4, -0.2) is 94.8 Å². The summed E-state index contributed by atoms with van der Waals surface area (Å²) in [6.45, 7) is 4.99. The van der Waals surface area contributed by atoms with Crippen LogP contribution in [0.25, 0.3) is 0 Å². The highest BCUT2D eigenvalue weighted by Crippen LogP contribution is 2.15. The Morgan fingerprint density at radius 3 is 2.36 bits per heavy atom. The maximum Gasteiger partial charge on any atom is 0.369 e. The van der Waals surface area contributed by atoms with E-state index < -0.39 is 59.8 Å². The number of aryl methyl sites for hydroxylation is 1. The Hall–Kier alpha value is -4.37. The summed E-state index contributed by atoms with van der Waals surface area (Å²) in [4.78, 5) is 79.4. The summed E-state index contributed by atoms with van der Waals surface area (Å²) in [6, 6.07) is 5.40. The average molecular weight is 634 g/mol. The molecule has 0 unspecified atom stereocenters. The highest BCUT2D eigenvalue weighted by atomic mass is 16.4. The summed E-state index contributed by atoms with van der Waals surface area (Å²) in [6.07, 6.45) is 3.55. The van der Waals surface area contributed by atoms with E-state index in [0.717, 1.165) is 12.8 Å². The molecule has 5 amide bonds. The summed E-state index contributed by atoms with van der Waals surface area (Å²) in [7, 11) is 0. The molecule has 15 heteroatoms. The van der Waals surface area contributed by atoms with E-state index in [-0.39, 0.29) is 37.7 Å². The number of carbonyl (C=O) groups excluding carboxylic acids is 5. The number of aliphatic carboxylic acids is 1. The molecule has 15 nitrogen and oxygen atoms in total. The minimum absolute atomic E-state index is 0.0210. The van der Waals surface area contributed by atoms with Gasteiger partial charge in [0.05, 0.1) is 6.54 Å². The van der Waals surface area contributed by atoms with Crippen molar-refractivity contribution < 1.29 is 49.5 Å². The van der Waals surface area contributed by atoms with Gasteiger partial charge < -0.3 is 20.6 Å². The molecule has 12 N–H and O–H groups in total. The Kier molecular flexibility index (Phi) is 15.1. The van der Waals surface area contributed by atoms with Crippen molar-refractivity contribution in [2.75, 3.05) is 13.1 Å². The molecule has 1 aliphatic heterocycles. The van der Waals surface area contributed by atoms with Gasteiger partial charge in [-0.1, -0.05) is 30.3 Å². The van der Waals surface area contributed by atoms with Gasteiger partial charge >= 0.3 is 23.7 Å². The molecule has 0 saturated carbocycles. The number of nitrogens with one attached hydrogen (secondary N) is 3. The Morgan fingerprint density at radius 1 is 1.02 bits per heavy atom. The standard InChI is InChI=1S/C30H46N8O7/c1-18(34-24(39)14-8-7-12-21-10-5-4-6-11-21)25(40)36-22(13-9-16-33-30(31)32)27(42)35-19(2)26(41)37-23-15-17-38(28(23)43)20(3)29(44)45/h4-6,10-11,18-20,22-23H,7-9,12-17H2,1-3H3,(H,34,39)(H,35,42)(H,36,40)(H,37,41)(H,44,45)(H4,31,32,33)/p+3/t18-,19-,20-,22-,23+/m0/s1. The molecule has 5 atom stereocenters. The number of likely N-dealkylation sites (tertiary alicyclic amines) is 1. The number of benzene rings is 1. The molecule has 0 bridgehead atoms. The number of quaternary nitrogens is 2. The zero-order valence-corrected chi connectivity index (χ0v) is 26.3. The molecule has 0 radical (unpaired) electrons. The highest BCUT2D eigenvalue weighted by Gasteiger charge is 2.39. The second-order valence-electron chi connectivity index (χ2n) is 11.4. The molecule has 0 spiro atoms. The number of nitrogens with zero attached hydrogens (tertiary/aromatic N) is 1. The van der Waals surface area contributed by atoms with Gasteiger partial charge in [0.15, 0.2) is 6.04 Å².